The SMILES string of the molecule is Cc1noc(C)c1CCCNC(=O)N[C@@H]1C=C[C@H](CO)C1. The van der Waals surface area contributed by atoms with Crippen LogP contribution in [0.5, 0.6) is 0 Å². The summed E-state index contributed by atoms with van der Waals surface area (Å²) < 4.78 is 5.11. The Bertz CT molecular complexity index is 491. The summed E-state index contributed by atoms with van der Waals surface area (Å²) >= 11 is 0. The number of nitrogens with zero attached hydrogens (tertiary/aromatic N) is 1. The molecular weight excluding hydrogens is 270 g/mol. The molecule has 0 saturated carbocycles. The molecule has 0 bridgehead atoms. The Morgan fingerprint density at radius 1 is 1.48 bits per heavy atom. The maximum Gasteiger partial charge on any atom is 0.315 e. The Kier molecular flexibility index (Phi) is 5.38. The summed E-state index contributed by atoms with van der Waals surface area (Å²) in [6.07, 6.45) is 6.34. The zero-order chi connectivity index (χ0) is 15.2. The van der Waals surface area contributed by atoms with Gasteiger partial charge in [-0.1, -0.05) is 17.3 Å². The second-order valence-corrected chi connectivity index (χ2v) is 5.48. The molecular formula is C15H23N3O3. The molecule has 3 N–H and O–H groups in total. The number of aliphatic hydroxyl groups is 1. The number of hydrogen-bond donors (Lipinski definition) is 3. The van der Waals surface area contributed by atoms with Gasteiger partial charge in [-0.3, -0.25) is 0 Å². The maximum atomic E-state index is 11.7. The topological polar surface area (TPSA) is 87.4 Å². The van der Waals surface area contributed by atoms with Gasteiger partial charge in [-0.05, 0) is 33.1 Å². The number of hydrogen-bond acceptors (Lipinski definition) is 4. The molecule has 0 radical (unpaired) electrons. The largest absolute Gasteiger partial charge is 0.396 e. The highest BCUT2D eigenvalue weighted by molar-refractivity contribution is 5.74. The molecule has 2 amide bonds. The van der Waals surface area contributed by atoms with E-state index in [0.717, 1.165) is 36.3 Å². The summed E-state index contributed by atoms with van der Waals surface area (Å²) in [5.41, 5.74) is 2.05. The smallest absolute Gasteiger partial charge is 0.315 e. The molecule has 6 heteroatoms. The van der Waals surface area contributed by atoms with Gasteiger partial charge in [-0.15, -0.1) is 0 Å². The van der Waals surface area contributed by atoms with Crippen molar-refractivity contribution in [2.45, 2.75) is 39.2 Å². The Morgan fingerprint density at radius 3 is 2.90 bits per heavy atom. The van der Waals surface area contributed by atoms with Crippen molar-refractivity contribution in [2.75, 3.05) is 13.2 Å². The molecule has 1 aliphatic rings. The van der Waals surface area contributed by atoms with Crippen LogP contribution in [0.2, 0.25) is 0 Å². The number of amides is 2. The lowest BCUT2D eigenvalue weighted by Gasteiger charge is -2.13. The van der Waals surface area contributed by atoms with E-state index in [1.54, 1.807) is 0 Å². The number of nitrogens with one attached hydrogen (secondary N) is 2. The molecule has 1 heterocycles. The fraction of sp³-hybridized carbons (Fsp3) is 0.600. The Hall–Kier alpha value is -1.82. The van der Waals surface area contributed by atoms with E-state index in [4.69, 9.17) is 9.63 Å². The van der Waals surface area contributed by atoms with Crippen LogP contribution in [0.3, 0.4) is 0 Å². The summed E-state index contributed by atoms with van der Waals surface area (Å²) in [5, 5.41) is 18.7. The number of carbonyl (C=O) groups is 1. The van der Waals surface area contributed by atoms with Crippen molar-refractivity contribution in [3.63, 3.8) is 0 Å². The lowest BCUT2D eigenvalue weighted by atomic mass is 10.1. The van der Waals surface area contributed by atoms with Crippen molar-refractivity contribution >= 4 is 6.03 Å². The molecule has 1 aliphatic carbocycles. The van der Waals surface area contributed by atoms with Crippen molar-refractivity contribution in [3.8, 4) is 0 Å². The van der Waals surface area contributed by atoms with Gasteiger partial charge in [0.1, 0.15) is 5.76 Å². The summed E-state index contributed by atoms with van der Waals surface area (Å²) in [5.74, 6) is 1.01. The van der Waals surface area contributed by atoms with Crippen molar-refractivity contribution in [1.82, 2.24) is 15.8 Å². The van der Waals surface area contributed by atoms with Gasteiger partial charge >= 0.3 is 6.03 Å². The number of aryl methyl sites for hydroxylation is 2. The van der Waals surface area contributed by atoms with Crippen molar-refractivity contribution in [1.29, 1.82) is 0 Å². The molecule has 116 valence electrons. The van der Waals surface area contributed by atoms with Crippen LogP contribution in [0.1, 0.15) is 29.9 Å². The molecule has 0 aliphatic heterocycles. The molecule has 0 aromatic carbocycles. The van der Waals surface area contributed by atoms with Gasteiger partial charge in [0, 0.05) is 30.7 Å². The normalized spacial score (nSPS) is 20.7. The van der Waals surface area contributed by atoms with Gasteiger partial charge in [-0.25, -0.2) is 4.79 Å². The van der Waals surface area contributed by atoms with Gasteiger partial charge in [0.25, 0.3) is 0 Å². The van der Waals surface area contributed by atoms with E-state index in [9.17, 15) is 4.79 Å². The van der Waals surface area contributed by atoms with Gasteiger partial charge in [0.15, 0.2) is 0 Å². The molecule has 0 fully saturated rings. The lowest BCUT2D eigenvalue weighted by Crippen LogP contribution is -2.41. The van der Waals surface area contributed by atoms with Crippen LogP contribution < -0.4 is 10.6 Å². The molecule has 2 atom stereocenters. The van der Waals surface area contributed by atoms with Crippen LogP contribution in [-0.4, -0.2) is 35.5 Å². The third kappa shape index (κ3) is 4.32. The zero-order valence-corrected chi connectivity index (χ0v) is 12.6. The summed E-state index contributed by atoms with van der Waals surface area (Å²) in [6, 6.07) is -0.147. The Balaban J connectivity index is 1.63. The standard InChI is InChI=1S/C15H23N3O3/c1-10-14(11(2)21-18-10)4-3-7-16-15(20)17-13-6-5-12(8-13)9-19/h5-6,12-13,19H,3-4,7-9H2,1-2H3,(H2,16,17,20)/t12-,13+/m0/s1. The maximum absolute atomic E-state index is 11.7. The zero-order valence-electron chi connectivity index (χ0n) is 12.6. The highest BCUT2D eigenvalue weighted by Gasteiger charge is 2.19. The summed E-state index contributed by atoms with van der Waals surface area (Å²) in [6.45, 7) is 4.57. The van der Waals surface area contributed by atoms with Gasteiger partial charge in [0.2, 0.25) is 0 Å². The number of aromatic nitrogens is 1. The second-order valence-electron chi connectivity index (χ2n) is 5.48. The van der Waals surface area contributed by atoms with Crippen molar-refractivity contribution in [3.05, 3.63) is 29.2 Å². The Morgan fingerprint density at radius 2 is 2.29 bits per heavy atom. The fourth-order valence-electron chi connectivity index (χ4n) is 2.56. The first kappa shape index (κ1) is 15.6. The first-order chi connectivity index (χ1) is 10.1. The monoisotopic (exact) mass is 293 g/mol. The molecule has 0 saturated heterocycles. The average Bonchev–Trinajstić information content (AvgIpc) is 3.03. The predicted octanol–water partition coefficient (Wildman–Crippen LogP) is 1.46. The van der Waals surface area contributed by atoms with E-state index in [2.05, 4.69) is 15.8 Å². The molecule has 21 heavy (non-hydrogen) atoms. The van der Waals surface area contributed by atoms with Crippen molar-refractivity contribution < 1.29 is 14.4 Å². The lowest BCUT2D eigenvalue weighted by molar-refractivity contribution is 0.231. The van der Waals surface area contributed by atoms with E-state index in [0.29, 0.717) is 6.54 Å². The van der Waals surface area contributed by atoms with E-state index < -0.39 is 0 Å². The van der Waals surface area contributed by atoms with Crippen LogP contribution >= 0.6 is 0 Å². The van der Waals surface area contributed by atoms with E-state index in [1.807, 2.05) is 26.0 Å². The molecule has 0 unspecified atom stereocenters. The predicted molar refractivity (Wildman–Crippen MR) is 79.0 cm³/mol. The van der Waals surface area contributed by atoms with Crippen LogP contribution in [0, 0.1) is 19.8 Å². The number of aliphatic hydroxyl groups excluding tert-OH is 1. The second kappa shape index (κ2) is 7.26. The van der Waals surface area contributed by atoms with E-state index >= 15 is 0 Å². The van der Waals surface area contributed by atoms with Gasteiger partial charge in [-0.2, -0.15) is 0 Å². The third-order valence-electron chi connectivity index (χ3n) is 3.79. The first-order valence-corrected chi connectivity index (χ1v) is 7.35. The molecule has 1 aromatic rings. The number of rotatable bonds is 6. The van der Waals surface area contributed by atoms with Crippen LogP contribution in [0.25, 0.3) is 0 Å². The summed E-state index contributed by atoms with van der Waals surface area (Å²) in [7, 11) is 0. The number of carbonyl (C=O) groups excluding carboxylic acids is 1. The van der Waals surface area contributed by atoms with Crippen LogP contribution in [0.4, 0.5) is 4.79 Å². The minimum atomic E-state index is -0.165. The molecule has 1 aromatic heterocycles. The number of urea groups is 1. The molecule has 2 rings (SSSR count). The molecule has 0 spiro atoms. The van der Waals surface area contributed by atoms with E-state index in [1.165, 1.54) is 0 Å². The van der Waals surface area contributed by atoms with Gasteiger partial charge in [0.05, 0.1) is 5.69 Å². The third-order valence-corrected chi connectivity index (χ3v) is 3.79. The minimum Gasteiger partial charge on any atom is -0.396 e. The first-order valence-electron chi connectivity index (χ1n) is 7.35. The van der Waals surface area contributed by atoms with Crippen LogP contribution in [0.15, 0.2) is 16.7 Å². The average molecular weight is 293 g/mol. The molecule has 6 nitrogen and oxygen atoms in total. The highest BCUT2D eigenvalue weighted by Crippen LogP contribution is 2.16. The van der Waals surface area contributed by atoms with Crippen molar-refractivity contribution in [2.24, 2.45) is 5.92 Å². The highest BCUT2D eigenvalue weighted by atomic mass is 16.5. The minimum absolute atomic E-state index is 0.0183. The Labute approximate surface area is 124 Å². The van der Waals surface area contributed by atoms with Gasteiger partial charge < -0.3 is 20.3 Å². The summed E-state index contributed by atoms with van der Waals surface area (Å²) in [4.78, 5) is 11.7. The van der Waals surface area contributed by atoms with Crippen LogP contribution in [-0.2, 0) is 6.42 Å². The quantitative estimate of drug-likeness (QED) is 0.547. The fourth-order valence-corrected chi connectivity index (χ4v) is 2.56. The van der Waals surface area contributed by atoms with E-state index in [-0.39, 0.29) is 24.6 Å².